The number of benzene rings is 1. The first-order valence-electron chi connectivity index (χ1n) is 10.4. The van der Waals surface area contributed by atoms with Crippen LogP contribution in [-0.4, -0.2) is 27.8 Å². The molecule has 0 saturated carbocycles. The Balaban J connectivity index is 1.98. The third-order valence-corrected chi connectivity index (χ3v) is 4.76. The maximum atomic E-state index is 12.9. The predicted octanol–water partition coefficient (Wildman–Crippen LogP) is 5.48. The topological polar surface area (TPSA) is 84.7 Å². The van der Waals surface area contributed by atoms with E-state index in [-0.39, 0.29) is 11.8 Å². The van der Waals surface area contributed by atoms with Gasteiger partial charge in [0.25, 0.3) is 0 Å². The molecule has 164 valence electrons. The molecule has 7 heteroatoms. The summed E-state index contributed by atoms with van der Waals surface area (Å²) < 4.78 is 11.4. The molecule has 0 radical (unpaired) electrons. The van der Waals surface area contributed by atoms with Crippen molar-refractivity contribution in [2.24, 2.45) is 5.92 Å². The average Bonchev–Trinajstić information content (AvgIpc) is 2.69. The Hall–Kier alpha value is -3.27. The van der Waals surface area contributed by atoms with Gasteiger partial charge in [0.2, 0.25) is 0 Å². The van der Waals surface area contributed by atoms with Gasteiger partial charge in [-0.05, 0) is 57.7 Å². The summed E-state index contributed by atoms with van der Waals surface area (Å²) in [7, 11) is 0. The number of amides is 1. The van der Waals surface area contributed by atoms with Gasteiger partial charge in [-0.15, -0.1) is 5.06 Å². The quantitative estimate of drug-likeness (QED) is 0.592. The lowest BCUT2D eigenvalue weighted by Crippen LogP contribution is -2.45. The summed E-state index contributed by atoms with van der Waals surface area (Å²) in [5, 5.41) is 11.0. The van der Waals surface area contributed by atoms with Gasteiger partial charge in [-0.2, -0.15) is 5.26 Å². The van der Waals surface area contributed by atoms with Gasteiger partial charge in [0.15, 0.2) is 5.75 Å². The summed E-state index contributed by atoms with van der Waals surface area (Å²) in [6.07, 6.45) is 3.58. The highest BCUT2D eigenvalue weighted by Gasteiger charge is 2.30. The fourth-order valence-corrected chi connectivity index (χ4v) is 3.51. The normalized spacial score (nSPS) is 13.4. The number of nitriles is 1. The number of carbonyl (C=O) groups excluding carboxylic acids is 1. The minimum Gasteiger partial charge on any atom is -0.488 e. The first-order chi connectivity index (χ1) is 14.6. The minimum atomic E-state index is -0.676. The molecule has 1 aliphatic rings. The highest BCUT2D eigenvalue weighted by Crippen LogP contribution is 2.41. The molecule has 0 N–H and O–H groups in total. The predicted molar refractivity (Wildman–Crippen MR) is 116 cm³/mol. The summed E-state index contributed by atoms with van der Waals surface area (Å²) in [6, 6.07) is 7.20. The monoisotopic (exact) mass is 423 g/mol. The Bertz CT molecular complexity index is 1000. The van der Waals surface area contributed by atoms with Crippen LogP contribution in [0.25, 0.3) is 11.1 Å². The highest BCUT2D eigenvalue weighted by atomic mass is 16.7. The summed E-state index contributed by atoms with van der Waals surface area (Å²) in [4.78, 5) is 23.0. The van der Waals surface area contributed by atoms with Crippen molar-refractivity contribution in [1.82, 2.24) is 10.0 Å². The second kappa shape index (κ2) is 8.84. The zero-order valence-electron chi connectivity index (χ0n) is 18.9. The number of fused-ring (bicyclic) bond motifs is 3. The van der Waals surface area contributed by atoms with Crippen LogP contribution in [0, 0.1) is 17.2 Å². The molecule has 1 atom stereocenters. The van der Waals surface area contributed by atoms with Gasteiger partial charge in [0, 0.05) is 29.6 Å². The number of carbonyl (C=O) groups is 1. The molecule has 0 spiro atoms. The molecule has 7 nitrogen and oxygen atoms in total. The molecule has 2 heterocycles. The van der Waals surface area contributed by atoms with Crippen LogP contribution in [0.1, 0.15) is 59.1 Å². The molecule has 1 aromatic heterocycles. The van der Waals surface area contributed by atoms with Crippen molar-refractivity contribution in [1.29, 1.82) is 5.26 Å². The van der Waals surface area contributed by atoms with Crippen molar-refractivity contribution < 1.29 is 19.1 Å². The maximum absolute atomic E-state index is 12.9. The largest absolute Gasteiger partial charge is 0.488 e. The van der Waals surface area contributed by atoms with Crippen molar-refractivity contribution in [3.63, 3.8) is 0 Å². The Morgan fingerprint density at radius 1 is 1.29 bits per heavy atom. The molecular weight excluding hydrogens is 394 g/mol. The van der Waals surface area contributed by atoms with E-state index in [0.29, 0.717) is 30.3 Å². The van der Waals surface area contributed by atoms with Crippen LogP contribution >= 0.6 is 0 Å². The summed E-state index contributed by atoms with van der Waals surface area (Å²) in [5.41, 5.74) is 2.35. The fourth-order valence-electron chi connectivity index (χ4n) is 3.51. The number of nitrogens with zero attached hydrogens (tertiary/aromatic N) is 3. The van der Waals surface area contributed by atoms with E-state index in [2.05, 4.69) is 24.9 Å². The van der Waals surface area contributed by atoms with E-state index < -0.39 is 11.7 Å². The highest BCUT2D eigenvalue weighted by molar-refractivity contribution is 5.77. The van der Waals surface area contributed by atoms with Gasteiger partial charge in [0.1, 0.15) is 24.0 Å². The number of aromatic nitrogens is 1. The van der Waals surface area contributed by atoms with Crippen LogP contribution < -0.4 is 9.57 Å². The van der Waals surface area contributed by atoms with E-state index in [4.69, 9.17) is 14.3 Å². The summed E-state index contributed by atoms with van der Waals surface area (Å²) in [5.74, 6) is 1.18. The summed E-state index contributed by atoms with van der Waals surface area (Å²) >= 11 is 0. The van der Waals surface area contributed by atoms with Gasteiger partial charge >= 0.3 is 6.09 Å². The average molecular weight is 424 g/mol. The third kappa shape index (κ3) is 5.26. The first kappa shape index (κ1) is 22.4. The molecule has 1 aromatic carbocycles. The molecule has 0 bridgehead atoms. The lowest BCUT2D eigenvalue weighted by atomic mass is 9.97. The third-order valence-electron chi connectivity index (χ3n) is 4.76. The van der Waals surface area contributed by atoms with Crippen molar-refractivity contribution in [3.05, 3.63) is 41.7 Å². The van der Waals surface area contributed by atoms with E-state index in [1.54, 1.807) is 45.3 Å². The van der Waals surface area contributed by atoms with Crippen molar-refractivity contribution in [3.8, 4) is 28.7 Å². The standard InChI is InChI=1S/C24H29N3O4/c1-15(2)9-16(3)27(23(28)30-24(4,5)6)31-21-11-22-20(10-17(21)12-25)19-7-8-26-13-18(19)14-29-22/h7-8,10-11,13,15-16H,9,14H2,1-6H3/t16-/m0/s1. The van der Waals surface area contributed by atoms with Crippen LogP contribution in [0.15, 0.2) is 30.6 Å². The van der Waals surface area contributed by atoms with Crippen LogP contribution in [0.4, 0.5) is 4.79 Å². The number of pyridine rings is 1. The van der Waals surface area contributed by atoms with Gasteiger partial charge in [-0.25, -0.2) is 4.79 Å². The zero-order chi connectivity index (χ0) is 22.8. The Labute approximate surface area is 183 Å². The van der Waals surface area contributed by atoms with E-state index in [0.717, 1.165) is 16.7 Å². The smallest absolute Gasteiger partial charge is 0.443 e. The lowest BCUT2D eigenvalue weighted by molar-refractivity contribution is -0.0968. The molecular formula is C24H29N3O4. The molecule has 2 aromatic rings. The molecule has 0 saturated heterocycles. The number of hydroxylamine groups is 2. The lowest BCUT2D eigenvalue weighted by Gasteiger charge is -2.32. The summed E-state index contributed by atoms with van der Waals surface area (Å²) in [6.45, 7) is 11.8. The van der Waals surface area contributed by atoms with Crippen LogP contribution in [0.2, 0.25) is 0 Å². The second-order valence-electron chi connectivity index (χ2n) is 9.15. The molecule has 0 aliphatic carbocycles. The van der Waals surface area contributed by atoms with E-state index in [9.17, 15) is 10.1 Å². The van der Waals surface area contributed by atoms with E-state index in [1.807, 2.05) is 13.0 Å². The molecule has 3 rings (SSSR count). The van der Waals surface area contributed by atoms with Crippen molar-refractivity contribution in [2.45, 2.75) is 66.2 Å². The number of hydrogen-bond donors (Lipinski definition) is 0. The van der Waals surface area contributed by atoms with Crippen LogP contribution in [0.3, 0.4) is 0 Å². The Morgan fingerprint density at radius 2 is 2.03 bits per heavy atom. The Morgan fingerprint density at radius 3 is 2.68 bits per heavy atom. The van der Waals surface area contributed by atoms with Gasteiger partial charge in [-0.3, -0.25) is 4.98 Å². The van der Waals surface area contributed by atoms with Crippen LogP contribution in [0.5, 0.6) is 11.5 Å². The molecule has 1 amide bonds. The minimum absolute atomic E-state index is 0.250. The van der Waals surface area contributed by atoms with Gasteiger partial charge in [-0.1, -0.05) is 13.8 Å². The van der Waals surface area contributed by atoms with E-state index in [1.165, 1.54) is 5.06 Å². The van der Waals surface area contributed by atoms with Crippen LogP contribution in [-0.2, 0) is 11.3 Å². The number of rotatable bonds is 5. The van der Waals surface area contributed by atoms with Gasteiger partial charge in [0.05, 0.1) is 11.6 Å². The number of ether oxygens (including phenoxy) is 2. The maximum Gasteiger partial charge on any atom is 0.443 e. The number of hydrogen-bond acceptors (Lipinski definition) is 6. The molecule has 1 aliphatic heterocycles. The SMILES string of the molecule is CC(C)C[C@H](C)N(Oc1cc2c(cc1C#N)-c1ccncc1CO2)C(=O)OC(C)(C)C. The zero-order valence-corrected chi connectivity index (χ0v) is 18.9. The molecule has 0 fully saturated rings. The van der Waals surface area contributed by atoms with Gasteiger partial charge < -0.3 is 14.3 Å². The Kier molecular flexibility index (Phi) is 6.40. The van der Waals surface area contributed by atoms with Crippen molar-refractivity contribution in [2.75, 3.05) is 0 Å². The van der Waals surface area contributed by atoms with E-state index >= 15 is 0 Å². The van der Waals surface area contributed by atoms with Crippen molar-refractivity contribution >= 4 is 6.09 Å². The molecule has 0 unspecified atom stereocenters. The first-order valence-corrected chi connectivity index (χ1v) is 10.4. The second-order valence-corrected chi connectivity index (χ2v) is 9.15. The molecule has 31 heavy (non-hydrogen) atoms. The fraction of sp³-hybridized carbons (Fsp3) is 0.458.